The van der Waals surface area contributed by atoms with Gasteiger partial charge in [-0.05, 0) is 24.5 Å². The molecule has 0 aliphatic heterocycles. The molecule has 21 heavy (non-hydrogen) atoms. The average molecular weight is 304 g/mol. The largest absolute Gasteiger partial charge is 0.469 e. The molecule has 0 saturated carbocycles. The van der Waals surface area contributed by atoms with Crippen LogP contribution in [0.4, 0.5) is 5.13 Å². The molecule has 0 radical (unpaired) electrons. The second kappa shape index (κ2) is 7.78. The molecule has 2 aromatic rings. The van der Waals surface area contributed by atoms with E-state index >= 15 is 0 Å². The molecule has 0 aliphatic rings. The number of methoxy groups -OCH3 is 1. The third-order valence-corrected chi connectivity index (χ3v) is 4.15. The topological polar surface area (TPSA) is 51.2 Å². The number of hydrogen-bond acceptors (Lipinski definition) is 5. The first-order chi connectivity index (χ1) is 10.2. The Hall–Kier alpha value is -1.88. The fourth-order valence-electron chi connectivity index (χ4n) is 2.03. The number of rotatable bonds is 7. The fourth-order valence-corrected chi connectivity index (χ4v) is 2.80. The van der Waals surface area contributed by atoms with Crippen molar-refractivity contribution in [1.82, 2.24) is 4.98 Å². The Morgan fingerprint density at radius 2 is 2.14 bits per heavy atom. The molecule has 0 unspecified atom stereocenters. The SMILES string of the molecule is COC(=O)CCc1csc(NCCc2ccccc2C)n1. The van der Waals surface area contributed by atoms with E-state index in [4.69, 9.17) is 0 Å². The summed E-state index contributed by atoms with van der Waals surface area (Å²) >= 11 is 1.57. The maximum atomic E-state index is 11.1. The summed E-state index contributed by atoms with van der Waals surface area (Å²) in [7, 11) is 1.40. The number of anilines is 1. The second-order valence-corrected chi connectivity index (χ2v) is 5.68. The number of esters is 1. The van der Waals surface area contributed by atoms with Crippen molar-refractivity contribution in [2.24, 2.45) is 0 Å². The summed E-state index contributed by atoms with van der Waals surface area (Å²) in [5.74, 6) is -0.197. The number of ether oxygens (including phenoxy) is 1. The van der Waals surface area contributed by atoms with Crippen molar-refractivity contribution < 1.29 is 9.53 Å². The van der Waals surface area contributed by atoms with Crippen LogP contribution in [-0.4, -0.2) is 24.6 Å². The molecule has 0 amide bonds. The molecule has 1 aromatic heterocycles. The molecule has 1 N–H and O–H groups in total. The molecular weight excluding hydrogens is 284 g/mol. The molecule has 112 valence electrons. The van der Waals surface area contributed by atoms with Gasteiger partial charge in [-0.15, -0.1) is 11.3 Å². The summed E-state index contributed by atoms with van der Waals surface area (Å²) in [6.45, 7) is 2.98. The minimum absolute atomic E-state index is 0.197. The molecule has 0 saturated heterocycles. The molecule has 0 spiro atoms. The Labute approximate surface area is 129 Å². The van der Waals surface area contributed by atoms with Crippen LogP contribution in [0.5, 0.6) is 0 Å². The van der Waals surface area contributed by atoms with E-state index < -0.39 is 0 Å². The number of aryl methyl sites for hydroxylation is 2. The lowest BCUT2D eigenvalue weighted by molar-refractivity contribution is -0.140. The predicted octanol–water partition coefficient (Wildman–Crippen LogP) is 3.21. The van der Waals surface area contributed by atoms with E-state index in [9.17, 15) is 4.79 Å². The van der Waals surface area contributed by atoms with Gasteiger partial charge in [-0.1, -0.05) is 24.3 Å². The third kappa shape index (κ3) is 4.86. The van der Waals surface area contributed by atoms with E-state index in [0.717, 1.165) is 23.8 Å². The van der Waals surface area contributed by atoms with Gasteiger partial charge in [0.05, 0.1) is 19.2 Å². The summed E-state index contributed by atoms with van der Waals surface area (Å²) in [6.07, 6.45) is 1.98. The molecule has 0 bridgehead atoms. The third-order valence-electron chi connectivity index (χ3n) is 3.30. The number of carbonyl (C=O) groups is 1. The van der Waals surface area contributed by atoms with Gasteiger partial charge in [0.15, 0.2) is 5.13 Å². The summed E-state index contributed by atoms with van der Waals surface area (Å²) in [4.78, 5) is 15.6. The molecule has 1 aromatic carbocycles. The molecule has 4 nitrogen and oxygen atoms in total. The van der Waals surface area contributed by atoms with Crippen LogP contribution in [0.15, 0.2) is 29.6 Å². The highest BCUT2D eigenvalue weighted by atomic mass is 32.1. The van der Waals surface area contributed by atoms with Gasteiger partial charge in [-0.2, -0.15) is 0 Å². The van der Waals surface area contributed by atoms with Gasteiger partial charge in [0.25, 0.3) is 0 Å². The van der Waals surface area contributed by atoms with Gasteiger partial charge in [-0.3, -0.25) is 4.79 Å². The maximum Gasteiger partial charge on any atom is 0.305 e. The minimum Gasteiger partial charge on any atom is -0.469 e. The highest BCUT2D eigenvalue weighted by Crippen LogP contribution is 2.17. The standard InChI is InChI=1S/C16H20N2O2S/c1-12-5-3-4-6-13(12)9-10-17-16-18-14(11-21-16)7-8-15(19)20-2/h3-6,11H,7-10H2,1-2H3,(H,17,18). The lowest BCUT2D eigenvalue weighted by Gasteiger charge is -2.05. The first-order valence-electron chi connectivity index (χ1n) is 6.98. The van der Waals surface area contributed by atoms with Gasteiger partial charge in [-0.25, -0.2) is 4.98 Å². The Bertz CT molecular complexity index is 595. The Kier molecular flexibility index (Phi) is 5.75. The van der Waals surface area contributed by atoms with Gasteiger partial charge >= 0.3 is 5.97 Å². The number of benzene rings is 1. The number of nitrogens with zero attached hydrogens (tertiary/aromatic N) is 1. The van der Waals surface area contributed by atoms with Gasteiger partial charge in [0.2, 0.25) is 0 Å². The lowest BCUT2D eigenvalue weighted by Crippen LogP contribution is -2.06. The predicted molar refractivity (Wildman–Crippen MR) is 85.8 cm³/mol. The first kappa shape index (κ1) is 15.5. The van der Waals surface area contributed by atoms with E-state index in [1.807, 2.05) is 5.38 Å². The number of aromatic nitrogens is 1. The van der Waals surface area contributed by atoms with E-state index in [2.05, 4.69) is 46.2 Å². The zero-order valence-electron chi connectivity index (χ0n) is 12.4. The Balaban J connectivity index is 1.78. The monoisotopic (exact) mass is 304 g/mol. The normalized spacial score (nSPS) is 10.4. The summed E-state index contributed by atoms with van der Waals surface area (Å²) in [5.41, 5.74) is 3.61. The van der Waals surface area contributed by atoms with Crippen LogP contribution in [-0.2, 0) is 22.4 Å². The van der Waals surface area contributed by atoms with Crippen LogP contribution in [0.3, 0.4) is 0 Å². The van der Waals surface area contributed by atoms with Crippen LogP contribution in [0.25, 0.3) is 0 Å². The summed E-state index contributed by atoms with van der Waals surface area (Å²) < 4.78 is 4.62. The van der Waals surface area contributed by atoms with Gasteiger partial charge in [0, 0.05) is 18.3 Å². The van der Waals surface area contributed by atoms with Crippen molar-refractivity contribution in [2.45, 2.75) is 26.2 Å². The molecule has 2 rings (SSSR count). The van der Waals surface area contributed by atoms with Crippen LogP contribution in [0, 0.1) is 6.92 Å². The van der Waals surface area contributed by atoms with Crippen LogP contribution < -0.4 is 5.32 Å². The van der Waals surface area contributed by atoms with Crippen LogP contribution >= 0.6 is 11.3 Å². The van der Waals surface area contributed by atoms with E-state index in [0.29, 0.717) is 12.8 Å². The zero-order chi connectivity index (χ0) is 15.1. The number of nitrogens with one attached hydrogen (secondary N) is 1. The molecule has 1 heterocycles. The van der Waals surface area contributed by atoms with Gasteiger partial charge in [0.1, 0.15) is 0 Å². The fraction of sp³-hybridized carbons (Fsp3) is 0.375. The first-order valence-corrected chi connectivity index (χ1v) is 7.86. The molecule has 0 atom stereocenters. The average Bonchev–Trinajstić information content (AvgIpc) is 2.94. The smallest absolute Gasteiger partial charge is 0.305 e. The van der Waals surface area contributed by atoms with Crippen LogP contribution in [0.1, 0.15) is 23.2 Å². The summed E-state index contributed by atoms with van der Waals surface area (Å²) in [5, 5.41) is 6.22. The molecule has 0 fully saturated rings. The van der Waals surface area contributed by atoms with Crippen molar-refractivity contribution in [3.05, 3.63) is 46.5 Å². The maximum absolute atomic E-state index is 11.1. The Morgan fingerprint density at radius 1 is 1.33 bits per heavy atom. The van der Waals surface area contributed by atoms with Gasteiger partial charge < -0.3 is 10.1 Å². The molecule has 0 aliphatic carbocycles. The second-order valence-electron chi connectivity index (χ2n) is 4.82. The number of thiazole rings is 1. The van der Waals surface area contributed by atoms with Crippen LogP contribution in [0.2, 0.25) is 0 Å². The highest BCUT2D eigenvalue weighted by molar-refractivity contribution is 7.13. The zero-order valence-corrected chi connectivity index (χ0v) is 13.2. The minimum atomic E-state index is -0.197. The van der Waals surface area contributed by atoms with E-state index in [-0.39, 0.29) is 5.97 Å². The van der Waals surface area contributed by atoms with Crippen molar-refractivity contribution in [3.63, 3.8) is 0 Å². The highest BCUT2D eigenvalue weighted by Gasteiger charge is 2.05. The summed E-state index contributed by atoms with van der Waals surface area (Å²) in [6, 6.07) is 8.40. The van der Waals surface area contributed by atoms with E-state index in [1.54, 1.807) is 11.3 Å². The Morgan fingerprint density at radius 3 is 2.90 bits per heavy atom. The number of hydrogen-bond donors (Lipinski definition) is 1. The number of carbonyl (C=O) groups excluding carboxylic acids is 1. The van der Waals surface area contributed by atoms with Crippen molar-refractivity contribution in [3.8, 4) is 0 Å². The van der Waals surface area contributed by atoms with Crippen molar-refractivity contribution >= 4 is 22.4 Å². The molecular formula is C16H20N2O2S. The van der Waals surface area contributed by atoms with Crippen molar-refractivity contribution in [2.75, 3.05) is 19.0 Å². The van der Waals surface area contributed by atoms with E-state index in [1.165, 1.54) is 18.2 Å². The van der Waals surface area contributed by atoms with Crippen molar-refractivity contribution in [1.29, 1.82) is 0 Å². The molecule has 5 heteroatoms. The lowest BCUT2D eigenvalue weighted by atomic mass is 10.1. The quantitative estimate of drug-likeness (QED) is 0.798.